The molecule has 0 saturated heterocycles. The van der Waals surface area contributed by atoms with Crippen molar-refractivity contribution in [3.8, 4) is 0 Å². The molecule has 1 unspecified atom stereocenters. The van der Waals surface area contributed by atoms with Gasteiger partial charge in [-0.25, -0.2) is 0 Å². The number of unbranched alkanes of at least 4 members (excludes halogenated alkanes) is 20. The minimum atomic E-state index is -0.829. The Morgan fingerprint density at radius 3 is 0.771 bits per heavy atom. The molecule has 0 aromatic rings. The highest BCUT2D eigenvalue weighted by molar-refractivity contribution is 5.71. The monoisotopic (exact) mass is 1140 g/mol. The summed E-state index contributed by atoms with van der Waals surface area (Å²) in [6.45, 7) is 6.34. The molecule has 0 heterocycles. The van der Waals surface area contributed by atoms with Crippen LogP contribution in [0.3, 0.4) is 0 Å². The van der Waals surface area contributed by atoms with Gasteiger partial charge >= 0.3 is 17.9 Å². The van der Waals surface area contributed by atoms with E-state index in [4.69, 9.17) is 14.2 Å². The van der Waals surface area contributed by atoms with Crippen molar-refractivity contribution < 1.29 is 28.6 Å². The first kappa shape index (κ1) is 77.8. The molecule has 0 aliphatic rings. The fourth-order valence-electron chi connectivity index (χ4n) is 8.71. The normalized spacial score (nSPS) is 13.2. The summed E-state index contributed by atoms with van der Waals surface area (Å²) in [5.74, 6) is -1.000. The van der Waals surface area contributed by atoms with Gasteiger partial charge in [0.15, 0.2) is 6.10 Å². The van der Waals surface area contributed by atoms with E-state index in [9.17, 15) is 14.4 Å². The van der Waals surface area contributed by atoms with Crippen LogP contribution in [0, 0.1) is 0 Å². The van der Waals surface area contributed by atoms with E-state index in [2.05, 4.69) is 191 Å². The van der Waals surface area contributed by atoms with Crippen LogP contribution in [0.4, 0.5) is 0 Å². The lowest BCUT2D eigenvalue weighted by atomic mass is 10.1. The second-order valence-corrected chi connectivity index (χ2v) is 21.6. The van der Waals surface area contributed by atoms with Crippen LogP contribution >= 0.6 is 0 Å². The van der Waals surface area contributed by atoms with Crippen LogP contribution in [0.15, 0.2) is 170 Å². The molecule has 466 valence electrons. The van der Waals surface area contributed by atoms with E-state index in [1.165, 1.54) is 89.9 Å². The number of rotatable bonds is 59. The third kappa shape index (κ3) is 67.4. The van der Waals surface area contributed by atoms with Gasteiger partial charge < -0.3 is 14.2 Å². The molecule has 0 spiro atoms. The Morgan fingerprint density at radius 1 is 0.253 bits per heavy atom. The summed E-state index contributed by atoms with van der Waals surface area (Å²) < 4.78 is 16.9. The van der Waals surface area contributed by atoms with Crippen LogP contribution in [0.25, 0.3) is 0 Å². The van der Waals surface area contributed by atoms with Crippen LogP contribution in [-0.2, 0) is 28.6 Å². The molecule has 1 atom stereocenters. The van der Waals surface area contributed by atoms with Crippen LogP contribution < -0.4 is 0 Å². The number of allylic oxidation sites excluding steroid dienone is 28. The van der Waals surface area contributed by atoms with Crippen LogP contribution in [0.5, 0.6) is 0 Å². The average Bonchev–Trinajstić information content (AvgIpc) is 3.50. The van der Waals surface area contributed by atoms with Crippen LogP contribution in [0.1, 0.15) is 278 Å². The van der Waals surface area contributed by atoms with E-state index in [1.807, 2.05) is 0 Å². The molecular weight excluding hydrogens is 1020 g/mol. The van der Waals surface area contributed by atoms with Gasteiger partial charge in [0.05, 0.1) is 0 Å². The Balaban J connectivity index is 4.53. The quantitative estimate of drug-likeness (QED) is 0.0261. The Hall–Kier alpha value is -5.23. The van der Waals surface area contributed by atoms with Gasteiger partial charge in [-0.05, 0) is 154 Å². The van der Waals surface area contributed by atoms with E-state index in [0.717, 1.165) is 141 Å². The molecule has 0 aliphatic carbocycles. The van der Waals surface area contributed by atoms with Gasteiger partial charge in [0, 0.05) is 19.3 Å². The van der Waals surface area contributed by atoms with Gasteiger partial charge in [-0.3, -0.25) is 14.4 Å². The van der Waals surface area contributed by atoms with E-state index in [1.54, 1.807) is 0 Å². The predicted molar refractivity (Wildman–Crippen MR) is 361 cm³/mol. The summed E-state index contributed by atoms with van der Waals surface area (Å²) in [6, 6.07) is 0. The predicted octanol–water partition coefficient (Wildman–Crippen LogP) is 23.4. The van der Waals surface area contributed by atoms with Gasteiger partial charge in [-0.1, -0.05) is 274 Å². The summed E-state index contributed by atoms with van der Waals surface area (Å²) in [7, 11) is 0. The number of hydrogen-bond acceptors (Lipinski definition) is 6. The second kappa shape index (κ2) is 69.3. The van der Waals surface area contributed by atoms with Crippen molar-refractivity contribution >= 4 is 17.9 Å². The highest BCUT2D eigenvalue weighted by Gasteiger charge is 2.19. The third-order valence-electron chi connectivity index (χ3n) is 13.7. The minimum Gasteiger partial charge on any atom is -0.462 e. The molecule has 0 bridgehead atoms. The number of carbonyl (C=O) groups excluding carboxylic acids is 3. The zero-order valence-corrected chi connectivity index (χ0v) is 53.4. The number of carbonyl (C=O) groups is 3. The molecule has 0 radical (unpaired) electrons. The summed E-state index contributed by atoms with van der Waals surface area (Å²) in [4.78, 5) is 38.4. The lowest BCUT2D eigenvalue weighted by Crippen LogP contribution is -2.30. The molecule has 0 fully saturated rings. The maximum Gasteiger partial charge on any atom is 0.306 e. The number of esters is 3. The van der Waals surface area contributed by atoms with Crippen molar-refractivity contribution in [2.24, 2.45) is 0 Å². The fourth-order valence-corrected chi connectivity index (χ4v) is 8.71. The molecular formula is C77H122O6. The molecule has 6 nitrogen and oxygen atoms in total. The van der Waals surface area contributed by atoms with Crippen molar-refractivity contribution in [3.63, 3.8) is 0 Å². The first-order chi connectivity index (χ1) is 41.0. The number of hydrogen-bond donors (Lipinski definition) is 0. The Labute approximate surface area is 511 Å². The topological polar surface area (TPSA) is 78.9 Å². The zero-order valence-electron chi connectivity index (χ0n) is 53.4. The van der Waals surface area contributed by atoms with Gasteiger partial charge in [-0.2, -0.15) is 0 Å². The highest BCUT2D eigenvalue weighted by atomic mass is 16.6. The maximum absolute atomic E-state index is 12.9. The molecule has 0 rings (SSSR count). The number of ether oxygens (including phenoxy) is 3. The Morgan fingerprint density at radius 2 is 0.470 bits per heavy atom. The average molecular weight is 1140 g/mol. The molecule has 0 saturated carbocycles. The molecule has 0 N–H and O–H groups in total. The molecule has 0 amide bonds. The third-order valence-corrected chi connectivity index (χ3v) is 13.7. The first-order valence-corrected chi connectivity index (χ1v) is 33.6. The summed E-state index contributed by atoms with van der Waals surface area (Å²) in [5.41, 5.74) is 0. The van der Waals surface area contributed by atoms with Crippen molar-refractivity contribution in [3.05, 3.63) is 170 Å². The summed E-state index contributed by atoms with van der Waals surface area (Å²) in [6.07, 6.45) is 102. The largest absolute Gasteiger partial charge is 0.462 e. The van der Waals surface area contributed by atoms with E-state index in [0.29, 0.717) is 19.3 Å². The van der Waals surface area contributed by atoms with Crippen molar-refractivity contribution in [2.75, 3.05) is 13.2 Å². The van der Waals surface area contributed by atoms with Gasteiger partial charge in [0.2, 0.25) is 0 Å². The van der Waals surface area contributed by atoms with Gasteiger partial charge in [0.1, 0.15) is 13.2 Å². The standard InChI is InChI=1S/C77H122O6/c1-4-7-10-13-16-19-22-25-28-31-34-36-37-38-39-41-43-46-49-52-55-58-61-64-67-70-76(79)82-73-74(72-81-75(78)69-66-63-60-57-54-51-48-45-42-33-30-27-24-21-18-15-12-9-6-3)83-77(80)71-68-65-62-59-56-53-50-47-44-40-35-32-29-26-23-20-17-14-11-8-5-2/h8-9,11-12,17-18,20-22,25-27,29-31,34-35,37-38,40,42,45,47,50-51,54,56,59,74H,4-7,10,13-16,19,23-24,28,32-33,36,39,41,43-44,46,48-49,52-53,55,57-58,60-73H2,1-3H3/b11-8-,12-9-,20-17-,21-18-,25-22-,29-26-,30-27-,34-31-,38-37-,40-35-,45-42-,50-47-,54-51-,59-56-. The lowest BCUT2D eigenvalue weighted by molar-refractivity contribution is -0.167. The minimum absolute atomic E-state index is 0.116. The van der Waals surface area contributed by atoms with Crippen molar-refractivity contribution in [1.29, 1.82) is 0 Å². The maximum atomic E-state index is 12.9. The lowest BCUT2D eigenvalue weighted by Gasteiger charge is -2.18. The van der Waals surface area contributed by atoms with E-state index >= 15 is 0 Å². The smallest absolute Gasteiger partial charge is 0.306 e. The fraction of sp³-hybridized carbons (Fsp3) is 0.597. The van der Waals surface area contributed by atoms with Crippen LogP contribution in [-0.4, -0.2) is 37.2 Å². The van der Waals surface area contributed by atoms with E-state index in [-0.39, 0.29) is 37.5 Å². The molecule has 0 aromatic carbocycles. The van der Waals surface area contributed by atoms with Gasteiger partial charge in [-0.15, -0.1) is 0 Å². The molecule has 0 aromatic heterocycles. The van der Waals surface area contributed by atoms with Gasteiger partial charge in [0.25, 0.3) is 0 Å². The second-order valence-electron chi connectivity index (χ2n) is 21.6. The Kier molecular flexibility index (Phi) is 64.9. The molecule has 83 heavy (non-hydrogen) atoms. The van der Waals surface area contributed by atoms with Crippen molar-refractivity contribution in [1.82, 2.24) is 0 Å². The summed E-state index contributed by atoms with van der Waals surface area (Å²) >= 11 is 0. The molecule has 6 heteroatoms. The first-order valence-electron chi connectivity index (χ1n) is 33.6. The van der Waals surface area contributed by atoms with Crippen molar-refractivity contribution in [2.45, 2.75) is 284 Å². The van der Waals surface area contributed by atoms with Crippen LogP contribution in [0.2, 0.25) is 0 Å². The SMILES string of the molecule is CC/C=C\C/C=C\C/C=C\C/C=C\C/C=C\C/C=C\CCCCC(=O)OC(COC(=O)CCCCC/C=C\C/C=C\C/C=C\C/C=C\C/C=C\CC)COC(=O)CCCCCCCCCCCC/C=C\C/C=C\C/C=C\CCCCCCC. The Bertz CT molecular complexity index is 1890. The highest BCUT2D eigenvalue weighted by Crippen LogP contribution is 2.14. The summed E-state index contributed by atoms with van der Waals surface area (Å²) in [5, 5.41) is 0. The molecule has 0 aliphatic heterocycles. The zero-order chi connectivity index (χ0) is 59.9. The van der Waals surface area contributed by atoms with E-state index < -0.39 is 6.10 Å².